The molecule has 1 aromatic rings. The summed E-state index contributed by atoms with van der Waals surface area (Å²) in [5, 5.41) is 13.9. The number of nitro groups is 1. The monoisotopic (exact) mass is 322 g/mol. The molecule has 2 N–H and O–H groups in total. The van der Waals surface area contributed by atoms with E-state index in [-0.39, 0.29) is 30.3 Å². The van der Waals surface area contributed by atoms with Crippen LogP contribution in [0.3, 0.4) is 0 Å². The molecular weight excluding hydrogens is 298 g/mol. The number of aryl methyl sites for hydroxylation is 1. The Kier molecular flexibility index (Phi) is 5.33. The van der Waals surface area contributed by atoms with Crippen LogP contribution >= 0.6 is 0 Å². The summed E-state index contributed by atoms with van der Waals surface area (Å²) >= 11 is 0. The van der Waals surface area contributed by atoms with Gasteiger partial charge in [0, 0.05) is 6.07 Å². The molecule has 1 aliphatic rings. The highest BCUT2D eigenvalue weighted by Crippen LogP contribution is 2.29. The smallest absolute Gasteiger partial charge is 0.293 e. The molecule has 23 heavy (non-hydrogen) atoms. The molecule has 0 aromatic heterocycles. The van der Waals surface area contributed by atoms with Gasteiger partial charge >= 0.3 is 0 Å². The van der Waals surface area contributed by atoms with Gasteiger partial charge in [0.1, 0.15) is 31.0 Å². The first-order chi connectivity index (χ1) is 10.8. The second kappa shape index (κ2) is 7.06. The highest BCUT2D eigenvalue weighted by Gasteiger charge is 2.28. The highest BCUT2D eigenvalue weighted by atomic mass is 16.6. The van der Waals surface area contributed by atoms with E-state index in [1.165, 1.54) is 6.07 Å². The number of carbonyl (C=O) groups excluding carboxylic acids is 1. The lowest BCUT2D eigenvalue weighted by Gasteiger charge is -2.31. The van der Waals surface area contributed by atoms with Gasteiger partial charge in [0.15, 0.2) is 6.54 Å². The number of nitrogens with one attached hydrogen (secondary N) is 2. The third kappa shape index (κ3) is 4.27. The predicted molar refractivity (Wildman–Crippen MR) is 86.8 cm³/mol. The number of morpholine rings is 1. The van der Waals surface area contributed by atoms with Crippen molar-refractivity contribution < 1.29 is 19.4 Å². The fraction of sp³-hybridized carbons (Fsp3) is 0.562. The standard InChI is InChI=1S/C16H23N3O4/c1-10-5-6-14(19(21)22)16(13(10)4)17-15(20)9-18-7-11(2)23-12(3)8-18/h5-6,11-12H,7-9H2,1-4H3,(H,17,20)/p+1/t11-,12-/m0/s1. The van der Waals surface area contributed by atoms with E-state index >= 15 is 0 Å². The normalized spacial score (nSPS) is 24.3. The second-order valence-corrected chi connectivity index (χ2v) is 6.30. The zero-order chi connectivity index (χ0) is 17.1. The van der Waals surface area contributed by atoms with Crippen molar-refractivity contribution in [1.82, 2.24) is 0 Å². The summed E-state index contributed by atoms with van der Waals surface area (Å²) in [6.07, 6.45) is 0.216. The van der Waals surface area contributed by atoms with Gasteiger partial charge in [0.25, 0.3) is 11.6 Å². The molecule has 1 fully saturated rings. The molecule has 0 unspecified atom stereocenters. The molecule has 0 spiro atoms. The molecule has 1 saturated heterocycles. The number of nitro benzene ring substituents is 1. The van der Waals surface area contributed by atoms with Gasteiger partial charge < -0.3 is 15.0 Å². The lowest BCUT2D eigenvalue weighted by Crippen LogP contribution is -3.16. The molecule has 126 valence electrons. The first-order valence-electron chi connectivity index (χ1n) is 7.81. The number of rotatable bonds is 4. The van der Waals surface area contributed by atoms with Crippen LogP contribution in [0.5, 0.6) is 0 Å². The molecule has 0 radical (unpaired) electrons. The number of amides is 1. The van der Waals surface area contributed by atoms with E-state index in [2.05, 4.69) is 5.32 Å². The van der Waals surface area contributed by atoms with Crippen molar-refractivity contribution in [3.63, 3.8) is 0 Å². The Hall–Kier alpha value is -1.99. The Labute approximate surface area is 135 Å². The number of carbonyl (C=O) groups is 1. The molecule has 0 saturated carbocycles. The van der Waals surface area contributed by atoms with Gasteiger partial charge in [-0.25, -0.2) is 0 Å². The number of nitrogens with zero attached hydrogens (tertiary/aromatic N) is 1. The Morgan fingerprint density at radius 1 is 1.35 bits per heavy atom. The predicted octanol–water partition coefficient (Wildman–Crippen LogP) is 0.842. The molecular formula is C16H24N3O4+. The second-order valence-electron chi connectivity index (χ2n) is 6.30. The fourth-order valence-electron chi connectivity index (χ4n) is 3.06. The average Bonchev–Trinajstić information content (AvgIpc) is 2.42. The molecule has 2 atom stereocenters. The van der Waals surface area contributed by atoms with Gasteiger partial charge in [-0.1, -0.05) is 6.07 Å². The number of hydrogen-bond acceptors (Lipinski definition) is 4. The molecule has 1 aliphatic heterocycles. The van der Waals surface area contributed by atoms with Crippen molar-refractivity contribution in [1.29, 1.82) is 0 Å². The van der Waals surface area contributed by atoms with E-state index in [9.17, 15) is 14.9 Å². The molecule has 1 heterocycles. The SMILES string of the molecule is Cc1ccc([N+](=O)[O-])c(NC(=O)C[NH+]2C[C@H](C)O[C@@H](C)C2)c1C. The molecule has 0 aliphatic carbocycles. The van der Waals surface area contributed by atoms with Gasteiger partial charge in [0.05, 0.1) is 4.92 Å². The number of ether oxygens (including phenoxy) is 1. The minimum Gasteiger partial charge on any atom is -0.364 e. The van der Waals surface area contributed by atoms with Crippen LogP contribution in [0, 0.1) is 24.0 Å². The van der Waals surface area contributed by atoms with E-state index in [0.717, 1.165) is 29.1 Å². The maximum atomic E-state index is 12.3. The van der Waals surface area contributed by atoms with E-state index < -0.39 is 4.92 Å². The largest absolute Gasteiger partial charge is 0.364 e. The summed E-state index contributed by atoms with van der Waals surface area (Å²) in [6.45, 7) is 9.42. The number of benzene rings is 1. The summed E-state index contributed by atoms with van der Waals surface area (Å²) in [5.74, 6) is -0.210. The van der Waals surface area contributed by atoms with Crippen LogP contribution in [-0.4, -0.2) is 42.7 Å². The summed E-state index contributed by atoms with van der Waals surface area (Å²) in [7, 11) is 0. The summed E-state index contributed by atoms with van der Waals surface area (Å²) < 4.78 is 5.66. The Balaban J connectivity index is 2.11. The maximum absolute atomic E-state index is 12.3. The van der Waals surface area contributed by atoms with Gasteiger partial charge in [-0.3, -0.25) is 14.9 Å². The van der Waals surface area contributed by atoms with Crippen molar-refractivity contribution in [2.24, 2.45) is 0 Å². The summed E-state index contributed by atoms with van der Waals surface area (Å²) in [5.41, 5.74) is 1.87. The van der Waals surface area contributed by atoms with Crippen molar-refractivity contribution in [2.75, 3.05) is 25.0 Å². The Bertz CT molecular complexity index is 608. The molecule has 7 nitrogen and oxygen atoms in total. The Morgan fingerprint density at radius 3 is 2.52 bits per heavy atom. The minimum atomic E-state index is -0.464. The number of quaternary nitrogens is 1. The number of hydrogen-bond donors (Lipinski definition) is 2. The van der Waals surface area contributed by atoms with Crippen LogP contribution in [0.2, 0.25) is 0 Å². The van der Waals surface area contributed by atoms with Crippen molar-refractivity contribution >= 4 is 17.3 Å². The van der Waals surface area contributed by atoms with Crippen LogP contribution < -0.4 is 10.2 Å². The van der Waals surface area contributed by atoms with Crippen LogP contribution in [0.1, 0.15) is 25.0 Å². The van der Waals surface area contributed by atoms with Gasteiger partial charge in [-0.05, 0) is 38.8 Å². The van der Waals surface area contributed by atoms with E-state index in [0.29, 0.717) is 5.69 Å². The molecule has 1 amide bonds. The fourth-order valence-corrected chi connectivity index (χ4v) is 3.06. The first-order valence-corrected chi connectivity index (χ1v) is 7.81. The molecule has 7 heteroatoms. The molecule has 2 rings (SSSR count). The minimum absolute atomic E-state index is 0.0693. The van der Waals surface area contributed by atoms with E-state index in [4.69, 9.17) is 4.74 Å². The van der Waals surface area contributed by atoms with Gasteiger partial charge in [-0.15, -0.1) is 0 Å². The van der Waals surface area contributed by atoms with E-state index in [1.54, 1.807) is 13.0 Å². The molecule has 1 aromatic carbocycles. The average molecular weight is 322 g/mol. The third-order valence-electron chi connectivity index (χ3n) is 4.20. The zero-order valence-corrected chi connectivity index (χ0v) is 14.0. The Morgan fingerprint density at radius 2 is 1.96 bits per heavy atom. The maximum Gasteiger partial charge on any atom is 0.293 e. The topological polar surface area (TPSA) is 85.9 Å². The highest BCUT2D eigenvalue weighted by molar-refractivity contribution is 5.95. The van der Waals surface area contributed by atoms with Gasteiger partial charge in [-0.2, -0.15) is 0 Å². The van der Waals surface area contributed by atoms with Crippen LogP contribution in [0.15, 0.2) is 12.1 Å². The van der Waals surface area contributed by atoms with Gasteiger partial charge in [0.2, 0.25) is 0 Å². The van der Waals surface area contributed by atoms with Crippen molar-refractivity contribution in [2.45, 2.75) is 39.9 Å². The third-order valence-corrected chi connectivity index (χ3v) is 4.20. The first kappa shape index (κ1) is 17.4. The zero-order valence-electron chi connectivity index (χ0n) is 14.0. The van der Waals surface area contributed by atoms with E-state index in [1.807, 2.05) is 20.8 Å². The summed E-state index contributed by atoms with van der Waals surface area (Å²) in [6, 6.07) is 3.13. The van der Waals surface area contributed by atoms with Crippen molar-refractivity contribution in [3.8, 4) is 0 Å². The summed E-state index contributed by atoms with van der Waals surface area (Å²) in [4.78, 5) is 24.2. The van der Waals surface area contributed by atoms with Crippen LogP contribution in [0.4, 0.5) is 11.4 Å². The lowest BCUT2D eigenvalue weighted by atomic mass is 10.1. The van der Waals surface area contributed by atoms with Crippen molar-refractivity contribution in [3.05, 3.63) is 33.4 Å². The van der Waals surface area contributed by atoms with Crippen LogP contribution in [-0.2, 0) is 9.53 Å². The van der Waals surface area contributed by atoms with Crippen LogP contribution in [0.25, 0.3) is 0 Å². The number of anilines is 1. The quantitative estimate of drug-likeness (QED) is 0.635. The lowest BCUT2D eigenvalue weighted by molar-refractivity contribution is -0.907. The molecule has 0 bridgehead atoms.